The normalized spacial score (nSPS) is 8.50. The quantitative estimate of drug-likeness (QED) is 0.583. The van der Waals surface area contributed by atoms with E-state index in [2.05, 4.69) is 0 Å². The van der Waals surface area contributed by atoms with E-state index < -0.39 is 0 Å². The summed E-state index contributed by atoms with van der Waals surface area (Å²) < 4.78 is 0. The number of nitrogens with zero attached hydrogens (tertiary/aromatic N) is 2. The Kier molecular flexibility index (Phi) is 9.83. The van der Waals surface area contributed by atoms with Crippen molar-refractivity contribution < 1.29 is 4.79 Å². The summed E-state index contributed by atoms with van der Waals surface area (Å²) in [5.74, 6) is -0.0718. The summed E-state index contributed by atoms with van der Waals surface area (Å²) in [6.07, 6.45) is 1.33. The van der Waals surface area contributed by atoms with E-state index >= 15 is 0 Å². The lowest BCUT2D eigenvalue weighted by molar-refractivity contribution is -0.116. The molecule has 0 saturated heterocycles. The molecule has 0 spiro atoms. The van der Waals surface area contributed by atoms with E-state index in [-0.39, 0.29) is 12.2 Å². The molecule has 12 heavy (non-hydrogen) atoms. The van der Waals surface area contributed by atoms with Crippen LogP contribution in [0, 0.1) is 22.7 Å². The van der Waals surface area contributed by atoms with Crippen molar-refractivity contribution in [1.29, 1.82) is 10.5 Å². The first-order chi connectivity index (χ1) is 5.54. The van der Waals surface area contributed by atoms with Gasteiger partial charge in [0.2, 0.25) is 0 Å². The Morgan fingerprint density at radius 2 is 2.00 bits per heavy atom. The van der Waals surface area contributed by atoms with Gasteiger partial charge in [-0.25, -0.2) is 0 Å². The monoisotopic (exact) mass is 165 g/mol. The highest BCUT2D eigenvalue weighted by atomic mass is 16.1. The molecule has 0 aliphatic carbocycles. The minimum atomic E-state index is -0.0718. The van der Waals surface area contributed by atoms with E-state index in [4.69, 9.17) is 16.3 Å². The summed E-state index contributed by atoms with van der Waals surface area (Å²) >= 11 is 0. The van der Waals surface area contributed by atoms with Gasteiger partial charge in [-0.3, -0.25) is 4.79 Å². The number of Topliss-reactive ketones (excluding diaryl/α,β-unsaturated/α-hetero) is 1. The summed E-state index contributed by atoms with van der Waals surface area (Å²) in [6, 6.07) is 3.50. The maximum atomic E-state index is 9.82. The third kappa shape index (κ3) is 24.1. The predicted octanol–water partition coefficient (Wildman–Crippen LogP) is 0.862. The number of nitriles is 2. The fourth-order valence-electron chi connectivity index (χ4n) is 0.213. The van der Waals surface area contributed by atoms with Crippen LogP contribution in [0.2, 0.25) is 0 Å². The highest BCUT2D eigenvalue weighted by molar-refractivity contribution is 5.77. The van der Waals surface area contributed by atoms with Gasteiger partial charge in [0.25, 0.3) is 0 Å². The molecule has 0 aliphatic heterocycles. The Morgan fingerprint density at radius 1 is 1.50 bits per heavy atom. The van der Waals surface area contributed by atoms with Crippen molar-refractivity contribution in [3.63, 3.8) is 0 Å². The highest BCUT2D eigenvalue weighted by Gasteiger charge is 1.83. The molecule has 0 bridgehead atoms. The number of nitrogens with two attached hydrogens (primary N) is 1. The molecule has 0 radical (unpaired) electrons. The van der Waals surface area contributed by atoms with Crippen molar-refractivity contribution in [2.24, 2.45) is 5.73 Å². The molecule has 4 heteroatoms. The van der Waals surface area contributed by atoms with E-state index in [1.807, 2.05) is 0 Å². The van der Waals surface area contributed by atoms with Crippen LogP contribution in [0.5, 0.6) is 0 Å². The third-order valence-electron chi connectivity index (χ3n) is 0.620. The van der Waals surface area contributed by atoms with E-state index in [0.29, 0.717) is 5.70 Å². The topological polar surface area (TPSA) is 90.7 Å². The molecule has 0 atom stereocenters. The van der Waals surface area contributed by atoms with Gasteiger partial charge in [0.1, 0.15) is 5.78 Å². The van der Waals surface area contributed by atoms with Crippen molar-refractivity contribution in [3.8, 4) is 12.1 Å². The number of ketones is 1. The highest BCUT2D eigenvalue weighted by Crippen LogP contribution is 1.72. The van der Waals surface area contributed by atoms with E-state index in [1.54, 1.807) is 19.1 Å². The van der Waals surface area contributed by atoms with Crippen LogP contribution in [0.25, 0.3) is 0 Å². The molecule has 0 unspecified atom stereocenters. The minimum absolute atomic E-state index is 0.0417. The maximum absolute atomic E-state index is 9.82. The zero-order valence-corrected chi connectivity index (χ0v) is 7.16. The zero-order valence-electron chi connectivity index (χ0n) is 7.16. The van der Waals surface area contributed by atoms with E-state index in [0.717, 1.165) is 0 Å². The largest absolute Gasteiger partial charge is 0.402 e. The Balaban J connectivity index is 0. The molecule has 0 rings (SSSR count). The minimum Gasteiger partial charge on any atom is -0.402 e. The van der Waals surface area contributed by atoms with Crippen molar-refractivity contribution in [2.45, 2.75) is 20.3 Å². The summed E-state index contributed by atoms with van der Waals surface area (Å²) in [5, 5.41) is 15.6. The van der Waals surface area contributed by atoms with E-state index in [1.165, 1.54) is 13.0 Å². The van der Waals surface area contributed by atoms with Gasteiger partial charge in [-0.1, -0.05) is 0 Å². The lowest BCUT2D eigenvalue weighted by Crippen LogP contribution is -1.87. The number of hydrogen-bond donors (Lipinski definition) is 1. The molecule has 0 amide bonds. The van der Waals surface area contributed by atoms with Crippen LogP contribution < -0.4 is 5.73 Å². The second-order valence-corrected chi connectivity index (χ2v) is 2.05. The SMILES string of the molecule is C/C(N)=C/C#N.CC(=O)CC#N. The second kappa shape index (κ2) is 9.19. The van der Waals surface area contributed by atoms with Gasteiger partial charge in [-0.15, -0.1) is 0 Å². The van der Waals surface area contributed by atoms with Gasteiger partial charge >= 0.3 is 0 Å². The summed E-state index contributed by atoms with van der Waals surface area (Å²) in [4.78, 5) is 9.82. The van der Waals surface area contributed by atoms with Crippen molar-refractivity contribution in [2.75, 3.05) is 0 Å². The molecule has 0 heterocycles. The standard InChI is InChI=1S/C4H6N2.C4H5NO/c2*1-4(6)2-3-5/h2H,6H2,1H3;2H2,1H3/b4-2-;. The molecule has 0 aromatic heterocycles. The molecular weight excluding hydrogens is 154 g/mol. The van der Waals surface area contributed by atoms with Crippen molar-refractivity contribution >= 4 is 5.78 Å². The average molecular weight is 165 g/mol. The Morgan fingerprint density at radius 3 is 2.00 bits per heavy atom. The number of allylic oxidation sites excluding steroid dienone is 2. The second-order valence-electron chi connectivity index (χ2n) is 2.05. The molecule has 0 aromatic carbocycles. The first-order valence-electron chi connectivity index (χ1n) is 3.22. The van der Waals surface area contributed by atoms with Gasteiger partial charge < -0.3 is 5.73 Å². The molecule has 64 valence electrons. The predicted molar refractivity (Wildman–Crippen MR) is 44.5 cm³/mol. The molecular formula is C8H11N3O. The number of carbonyl (C=O) groups excluding carboxylic acids is 1. The summed E-state index contributed by atoms with van der Waals surface area (Å²) in [5.41, 5.74) is 5.59. The molecule has 0 saturated carbocycles. The van der Waals surface area contributed by atoms with Crippen LogP contribution in [-0.2, 0) is 4.79 Å². The Labute approximate surface area is 71.9 Å². The Bertz CT molecular complexity index is 238. The maximum Gasteiger partial charge on any atom is 0.143 e. The van der Waals surface area contributed by atoms with Crippen LogP contribution in [0.4, 0.5) is 0 Å². The van der Waals surface area contributed by atoms with Crippen LogP contribution in [0.1, 0.15) is 20.3 Å². The van der Waals surface area contributed by atoms with Crippen molar-refractivity contribution in [3.05, 3.63) is 11.8 Å². The first-order valence-corrected chi connectivity index (χ1v) is 3.22. The number of rotatable bonds is 1. The molecule has 2 N–H and O–H groups in total. The van der Waals surface area contributed by atoms with Gasteiger partial charge in [-0.2, -0.15) is 10.5 Å². The van der Waals surface area contributed by atoms with Gasteiger partial charge in [0.05, 0.1) is 18.6 Å². The smallest absolute Gasteiger partial charge is 0.143 e. The van der Waals surface area contributed by atoms with Crippen molar-refractivity contribution in [1.82, 2.24) is 0 Å². The lowest BCUT2D eigenvalue weighted by Gasteiger charge is -1.74. The number of carbonyl (C=O) groups is 1. The van der Waals surface area contributed by atoms with Crippen LogP contribution >= 0.6 is 0 Å². The van der Waals surface area contributed by atoms with Gasteiger partial charge in [0, 0.05) is 11.8 Å². The summed E-state index contributed by atoms with van der Waals surface area (Å²) in [7, 11) is 0. The third-order valence-corrected chi connectivity index (χ3v) is 0.620. The van der Waals surface area contributed by atoms with Gasteiger partial charge in [-0.05, 0) is 13.8 Å². The van der Waals surface area contributed by atoms with Crippen LogP contribution in [-0.4, -0.2) is 5.78 Å². The molecule has 0 fully saturated rings. The van der Waals surface area contributed by atoms with E-state index in [9.17, 15) is 4.79 Å². The Hall–Kier alpha value is -1.81. The fraction of sp³-hybridized carbons (Fsp3) is 0.375. The molecule has 4 nitrogen and oxygen atoms in total. The lowest BCUT2D eigenvalue weighted by atomic mass is 10.3. The number of hydrogen-bond acceptors (Lipinski definition) is 4. The van der Waals surface area contributed by atoms with Crippen LogP contribution in [0.15, 0.2) is 11.8 Å². The first kappa shape index (κ1) is 12.8. The molecule has 0 aliphatic rings. The van der Waals surface area contributed by atoms with Gasteiger partial charge in [0.15, 0.2) is 0 Å². The summed E-state index contributed by atoms with van der Waals surface area (Å²) in [6.45, 7) is 3.06. The van der Waals surface area contributed by atoms with Crippen LogP contribution in [0.3, 0.4) is 0 Å². The fourth-order valence-corrected chi connectivity index (χ4v) is 0.213. The average Bonchev–Trinajstić information content (AvgIpc) is 1.87. The zero-order chi connectivity index (χ0) is 9.98. The molecule has 0 aromatic rings.